The van der Waals surface area contributed by atoms with Crippen molar-refractivity contribution in [3.63, 3.8) is 0 Å². The lowest BCUT2D eigenvalue weighted by Crippen LogP contribution is -2.27. The molecule has 1 aliphatic heterocycles. The Bertz CT molecular complexity index is 1100. The lowest BCUT2D eigenvalue weighted by atomic mass is 10.1. The number of carbonyl (C=O) groups excluding carboxylic acids is 3. The highest BCUT2D eigenvalue weighted by atomic mass is 16.5. The third-order valence-electron chi connectivity index (χ3n) is 5.00. The molecule has 2 aromatic carbocycles. The number of hydrogen-bond donors (Lipinski definition) is 3. The van der Waals surface area contributed by atoms with Crippen LogP contribution in [0.2, 0.25) is 0 Å². The Morgan fingerprint density at radius 3 is 2.47 bits per heavy atom. The van der Waals surface area contributed by atoms with Crippen LogP contribution in [0.1, 0.15) is 39.3 Å². The van der Waals surface area contributed by atoms with Gasteiger partial charge in [-0.3, -0.25) is 14.4 Å². The Hall–Kier alpha value is -3.91. The number of amides is 3. The maximum atomic E-state index is 12.6. The van der Waals surface area contributed by atoms with E-state index in [9.17, 15) is 14.4 Å². The lowest BCUT2D eigenvalue weighted by Gasteiger charge is -2.12. The van der Waals surface area contributed by atoms with Crippen LogP contribution < -0.4 is 16.0 Å². The van der Waals surface area contributed by atoms with Crippen LogP contribution >= 0.6 is 0 Å². The molecule has 1 saturated heterocycles. The number of rotatable bonds is 7. The standard InChI is InChI=1S/C24H23N3O5/c28-22(17-6-2-8-19(14-17)27-24(30)21-10-4-12-32-21)25-15-16-5-1-7-18(13-16)26-23(29)20-9-3-11-31-20/h1-3,5-9,11,13-14,21H,4,10,12,15H2,(H,25,28)(H,26,29)(H,27,30). The van der Waals surface area contributed by atoms with E-state index in [0.717, 1.165) is 12.0 Å². The Kier molecular flexibility index (Phi) is 6.62. The molecule has 32 heavy (non-hydrogen) atoms. The Morgan fingerprint density at radius 1 is 0.906 bits per heavy atom. The normalized spacial score (nSPS) is 15.2. The van der Waals surface area contributed by atoms with Gasteiger partial charge in [0.15, 0.2) is 5.76 Å². The van der Waals surface area contributed by atoms with E-state index in [1.165, 1.54) is 6.26 Å². The van der Waals surface area contributed by atoms with Crippen molar-refractivity contribution in [3.05, 3.63) is 83.8 Å². The number of hydrogen-bond acceptors (Lipinski definition) is 5. The van der Waals surface area contributed by atoms with Crippen molar-refractivity contribution in [1.82, 2.24) is 5.32 Å². The minimum absolute atomic E-state index is 0.200. The van der Waals surface area contributed by atoms with E-state index in [0.29, 0.717) is 30.0 Å². The summed E-state index contributed by atoms with van der Waals surface area (Å²) < 4.78 is 10.5. The van der Waals surface area contributed by atoms with Gasteiger partial charge in [-0.2, -0.15) is 0 Å². The van der Waals surface area contributed by atoms with Gasteiger partial charge in [0.2, 0.25) is 0 Å². The smallest absolute Gasteiger partial charge is 0.291 e. The predicted molar refractivity (Wildman–Crippen MR) is 118 cm³/mol. The molecule has 0 saturated carbocycles. The van der Waals surface area contributed by atoms with E-state index in [1.807, 2.05) is 6.07 Å². The molecule has 0 bridgehead atoms. The van der Waals surface area contributed by atoms with Crippen molar-refractivity contribution >= 4 is 29.1 Å². The number of benzene rings is 2. The average molecular weight is 433 g/mol. The molecule has 0 radical (unpaired) electrons. The molecule has 1 fully saturated rings. The number of carbonyl (C=O) groups is 3. The van der Waals surface area contributed by atoms with E-state index >= 15 is 0 Å². The van der Waals surface area contributed by atoms with Gasteiger partial charge in [0.1, 0.15) is 6.10 Å². The van der Waals surface area contributed by atoms with E-state index in [4.69, 9.17) is 9.15 Å². The molecule has 164 valence electrons. The van der Waals surface area contributed by atoms with Crippen molar-refractivity contribution in [1.29, 1.82) is 0 Å². The third-order valence-corrected chi connectivity index (χ3v) is 5.00. The zero-order valence-corrected chi connectivity index (χ0v) is 17.3. The highest BCUT2D eigenvalue weighted by Gasteiger charge is 2.23. The second-order valence-corrected chi connectivity index (χ2v) is 7.39. The van der Waals surface area contributed by atoms with Gasteiger partial charge in [0.05, 0.1) is 6.26 Å². The van der Waals surface area contributed by atoms with E-state index in [1.54, 1.807) is 54.6 Å². The first kappa shape index (κ1) is 21.3. The van der Waals surface area contributed by atoms with Gasteiger partial charge in [-0.25, -0.2) is 0 Å². The first-order valence-electron chi connectivity index (χ1n) is 10.3. The number of nitrogens with one attached hydrogen (secondary N) is 3. The summed E-state index contributed by atoms with van der Waals surface area (Å²) in [6.07, 6.45) is 2.57. The molecule has 1 aromatic heterocycles. The van der Waals surface area contributed by atoms with Gasteiger partial charge in [-0.05, 0) is 60.9 Å². The molecule has 8 nitrogen and oxygen atoms in total. The highest BCUT2D eigenvalue weighted by Crippen LogP contribution is 2.17. The highest BCUT2D eigenvalue weighted by molar-refractivity contribution is 6.02. The second kappa shape index (κ2) is 9.93. The fraction of sp³-hybridized carbons (Fsp3) is 0.208. The van der Waals surface area contributed by atoms with Crippen LogP contribution in [0.25, 0.3) is 0 Å². The molecular weight excluding hydrogens is 410 g/mol. The van der Waals surface area contributed by atoms with Crippen molar-refractivity contribution < 1.29 is 23.5 Å². The summed E-state index contributed by atoms with van der Waals surface area (Å²) in [5.74, 6) is -0.607. The largest absolute Gasteiger partial charge is 0.459 e. The van der Waals surface area contributed by atoms with Crippen LogP contribution in [0.3, 0.4) is 0 Å². The van der Waals surface area contributed by atoms with Crippen LogP contribution in [-0.4, -0.2) is 30.4 Å². The van der Waals surface area contributed by atoms with Gasteiger partial charge in [0, 0.05) is 30.1 Å². The maximum absolute atomic E-state index is 12.6. The quantitative estimate of drug-likeness (QED) is 0.528. The molecular formula is C24H23N3O5. The van der Waals surface area contributed by atoms with E-state index in [2.05, 4.69) is 16.0 Å². The summed E-state index contributed by atoms with van der Waals surface area (Å²) in [6.45, 7) is 0.865. The summed E-state index contributed by atoms with van der Waals surface area (Å²) >= 11 is 0. The monoisotopic (exact) mass is 433 g/mol. The van der Waals surface area contributed by atoms with Crippen molar-refractivity contribution in [2.75, 3.05) is 17.2 Å². The topological polar surface area (TPSA) is 110 Å². The molecule has 8 heteroatoms. The molecule has 0 spiro atoms. The fourth-order valence-electron chi connectivity index (χ4n) is 3.39. The van der Waals surface area contributed by atoms with Gasteiger partial charge < -0.3 is 25.1 Å². The van der Waals surface area contributed by atoms with E-state index in [-0.39, 0.29) is 30.0 Å². The molecule has 1 unspecified atom stereocenters. The van der Waals surface area contributed by atoms with Gasteiger partial charge >= 0.3 is 0 Å². The fourth-order valence-corrected chi connectivity index (χ4v) is 3.39. The van der Waals surface area contributed by atoms with Crippen LogP contribution in [0.5, 0.6) is 0 Å². The van der Waals surface area contributed by atoms with Crippen LogP contribution in [0, 0.1) is 0 Å². The summed E-state index contributed by atoms with van der Waals surface area (Å²) in [6, 6.07) is 17.1. The van der Waals surface area contributed by atoms with Crippen LogP contribution in [-0.2, 0) is 16.1 Å². The van der Waals surface area contributed by atoms with E-state index < -0.39 is 6.10 Å². The molecule has 3 aromatic rings. The molecule has 2 heterocycles. The Morgan fingerprint density at radius 2 is 1.72 bits per heavy atom. The SMILES string of the molecule is O=C(NCc1cccc(NC(=O)c2ccco2)c1)c1cccc(NC(=O)C2CCCO2)c1. The van der Waals surface area contributed by atoms with Crippen molar-refractivity contribution in [3.8, 4) is 0 Å². The van der Waals surface area contributed by atoms with Gasteiger partial charge in [-0.15, -0.1) is 0 Å². The second-order valence-electron chi connectivity index (χ2n) is 7.39. The lowest BCUT2D eigenvalue weighted by molar-refractivity contribution is -0.124. The molecule has 3 amide bonds. The Balaban J connectivity index is 1.33. The van der Waals surface area contributed by atoms with Crippen molar-refractivity contribution in [2.24, 2.45) is 0 Å². The zero-order valence-electron chi connectivity index (χ0n) is 17.3. The van der Waals surface area contributed by atoms with Crippen LogP contribution in [0.4, 0.5) is 11.4 Å². The molecule has 3 N–H and O–H groups in total. The minimum atomic E-state index is -0.437. The molecule has 4 rings (SSSR count). The van der Waals surface area contributed by atoms with Gasteiger partial charge in [0.25, 0.3) is 17.7 Å². The molecule has 1 aliphatic rings. The Labute approximate surface area is 185 Å². The van der Waals surface area contributed by atoms with Crippen molar-refractivity contribution in [2.45, 2.75) is 25.5 Å². The number of ether oxygens (including phenoxy) is 1. The maximum Gasteiger partial charge on any atom is 0.291 e. The summed E-state index contributed by atoms with van der Waals surface area (Å²) in [5.41, 5.74) is 2.38. The average Bonchev–Trinajstić information content (AvgIpc) is 3.52. The van der Waals surface area contributed by atoms with Gasteiger partial charge in [-0.1, -0.05) is 18.2 Å². The summed E-state index contributed by atoms with van der Waals surface area (Å²) in [7, 11) is 0. The predicted octanol–water partition coefficient (Wildman–Crippen LogP) is 3.58. The molecule has 1 atom stereocenters. The summed E-state index contributed by atoms with van der Waals surface area (Å²) in [4.78, 5) is 36.9. The zero-order chi connectivity index (χ0) is 22.3. The number of furan rings is 1. The minimum Gasteiger partial charge on any atom is -0.459 e. The first-order chi connectivity index (χ1) is 15.6. The number of anilines is 2. The molecule has 0 aliphatic carbocycles. The third kappa shape index (κ3) is 5.41. The summed E-state index contributed by atoms with van der Waals surface area (Å²) in [5, 5.41) is 8.41. The first-order valence-corrected chi connectivity index (χ1v) is 10.3. The van der Waals surface area contributed by atoms with Crippen LogP contribution in [0.15, 0.2) is 71.3 Å².